The van der Waals surface area contributed by atoms with Crippen LogP contribution in [-0.2, 0) is 6.42 Å². The fraction of sp³-hybridized carbons (Fsp3) is 0.200. The van der Waals surface area contributed by atoms with E-state index < -0.39 is 5.82 Å². The molecule has 1 unspecified atom stereocenters. The van der Waals surface area contributed by atoms with Crippen LogP contribution in [0.3, 0.4) is 0 Å². The van der Waals surface area contributed by atoms with E-state index in [0.717, 1.165) is 11.1 Å². The molecule has 0 heterocycles. The lowest BCUT2D eigenvalue weighted by Gasteiger charge is -2.17. The molecule has 1 nitrogen and oxygen atoms in total. The highest BCUT2D eigenvalue weighted by Gasteiger charge is 2.13. The van der Waals surface area contributed by atoms with Gasteiger partial charge in [-0.2, -0.15) is 0 Å². The third-order valence-electron chi connectivity index (χ3n) is 3.06. The lowest BCUT2D eigenvalue weighted by molar-refractivity contribution is 0.584. The van der Waals surface area contributed by atoms with Crippen molar-refractivity contribution < 1.29 is 4.39 Å². The average molecular weight is 333 g/mol. The Hall–Kier alpha value is -0.800. The van der Waals surface area contributed by atoms with Crippen LogP contribution in [0.1, 0.15) is 17.2 Å². The van der Waals surface area contributed by atoms with E-state index in [9.17, 15) is 4.39 Å². The van der Waals surface area contributed by atoms with Crippen LogP contribution in [0, 0.1) is 5.82 Å². The minimum absolute atomic E-state index is 0.00762. The summed E-state index contributed by atoms with van der Waals surface area (Å²) < 4.78 is 13.5. The molecule has 0 aliphatic rings. The summed E-state index contributed by atoms with van der Waals surface area (Å²) in [6, 6.07) is 10.2. The summed E-state index contributed by atoms with van der Waals surface area (Å²) in [5.74, 6) is -0.414. The van der Waals surface area contributed by atoms with Gasteiger partial charge in [0.25, 0.3) is 0 Å². The van der Waals surface area contributed by atoms with E-state index >= 15 is 0 Å². The van der Waals surface area contributed by atoms with Gasteiger partial charge in [-0.3, -0.25) is 0 Å². The minimum atomic E-state index is -0.414. The topological polar surface area (TPSA) is 12.0 Å². The highest BCUT2D eigenvalue weighted by molar-refractivity contribution is 6.34. The Morgan fingerprint density at radius 3 is 2.25 bits per heavy atom. The Morgan fingerprint density at radius 1 is 1.05 bits per heavy atom. The molecule has 20 heavy (non-hydrogen) atoms. The van der Waals surface area contributed by atoms with Crippen molar-refractivity contribution in [3.8, 4) is 0 Å². The second-order valence-corrected chi connectivity index (χ2v) is 5.78. The highest BCUT2D eigenvalue weighted by atomic mass is 35.5. The second-order valence-electron chi connectivity index (χ2n) is 4.50. The molecule has 0 saturated carbocycles. The molecule has 0 saturated heterocycles. The number of benzene rings is 2. The molecular weight excluding hydrogens is 320 g/mol. The maximum absolute atomic E-state index is 13.5. The van der Waals surface area contributed by atoms with Crippen molar-refractivity contribution in [1.82, 2.24) is 5.32 Å². The Balaban J connectivity index is 2.26. The molecule has 0 aliphatic heterocycles. The minimum Gasteiger partial charge on any atom is -0.313 e. The van der Waals surface area contributed by atoms with Crippen molar-refractivity contribution >= 4 is 34.8 Å². The highest BCUT2D eigenvalue weighted by Crippen LogP contribution is 2.26. The fourth-order valence-electron chi connectivity index (χ4n) is 2.07. The first kappa shape index (κ1) is 15.6. The third-order valence-corrected chi connectivity index (χ3v) is 3.80. The Morgan fingerprint density at radius 2 is 1.70 bits per heavy atom. The predicted molar refractivity (Wildman–Crippen MR) is 83.4 cm³/mol. The first-order valence-corrected chi connectivity index (χ1v) is 7.20. The fourth-order valence-corrected chi connectivity index (χ4v) is 2.73. The van der Waals surface area contributed by atoms with E-state index in [1.165, 1.54) is 6.07 Å². The number of rotatable bonds is 4. The summed E-state index contributed by atoms with van der Waals surface area (Å²) in [6.07, 6.45) is 0.612. The van der Waals surface area contributed by atoms with Crippen molar-refractivity contribution in [2.24, 2.45) is 0 Å². The van der Waals surface area contributed by atoms with Crippen LogP contribution in [-0.4, -0.2) is 7.05 Å². The van der Waals surface area contributed by atoms with Gasteiger partial charge < -0.3 is 5.32 Å². The van der Waals surface area contributed by atoms with Gasteiger partial charge in [0.05, 0.1) is 5.02 Å². The van der Waals surface area contributed by atoms with E-state index in [2.05, 4.69) is 5.32 Å². The van der Waals surface area contributed by atoms with Gasteiger partial charge in [-0.15, -0.1) is 0 Å². The summed E-state index contributed by atoms with van der Waals surface area (Å²) in [6.45, 7) is 0. The number of likely N-dealkylation sites (N-methyl/N-ethyl adjacent to an activating group) is 1. The van der Waals surface area contributed by atoms with Gasteiger partial charge in [0, 0.05) is 16.1 Å². The molecule has 106 valence electrons. The monoisotopic (exact) mass is 331 g/mol. The molecule has 0 bridgehead atoms. The number of hydrogen-bond acceptors (Lipinski definition) is 1. The van der Waals surface area contributed by atoms with Crippen molar-refractivity contribution in [3.63, 3.8) is 0 Å². The van der Waals surface area contributed by atoms with Crippen LogP contribution in [0.4, 0.5) is 4.39 Å². The summed E-state index contributed by atoms with van der Waals surface area (Å²) in [5.41, 5.74) is 1.81. The van der Waals surface area contributed by atoms with E-state index in [1.807, 2.05) is 25.2 Å². The van der Waals surface area contributed by atoms with E-state index in [4.69, 9.17) is 34.8 Å². The van der Waals surface area contributed by atoms with Crippen LogP contribution < -0.4 is 5.32 Å². The van der Waals surface area contributed by atoms with Gasteiger partial charge in [0.1, 0.15) is 5.82 Å². The van der Waals surface area contributed by atoms with Gasteiger partial charge in [-0.05, 0) is 54.9 Å². The first-order chi connectivity index (χ1) is 9.49. The van der Waals surface area contributed by atoms with Crippen LogP contribution in [0.2, 0.25) is 15.1 Å². The van der Waals surface area contributed by atoms with Gasteiger partial charge in [-0.1, -0.05) is 40.9 Å². The van der Waals surface area contributed by atoms with Crippen LogP contribution in [0.15, 0.2) is 36.4 Å². The second kappa shape index (κ2) is 6.77. The molecule has 0 radical (unpaired) electrons. The van der Waals surface area contributed by atoms with Crippen molar-refractivity contribution in [2.75, 3.05) is 7.05 Å². The quantitative estimate of drug-likeness (QED) is 0.802. The molecule has 0 aliphatic carbocycles. The zero-order valence-electron chi connectivity index (χ0n) is 10.8. The molecule has 2 rings (SSSR count). The van der Waals surface area contributed by atoms with E-state index in [1.54, 1.807) is 12.1 Å². The summed E-state index contributed by atoms with van der Waals surface area (Å²) >= 11 is 17.7. The molecule has 0 amide bonds. The van der Waals surface area contributed by atoms with Crippen LogP contribution >= 0.6 is 34.8 Å². The zero-order valence-corrected chi connectivity index (χ0v) is 13.0. The molecule has 0 fully saturated rings. The maximum Gasteiger partial charge on any atom is 0.142 e. The molecule has 5 heteroatoms. The van der Waals surface area contributed by atoms with E-state index in [0.29, 0.717) is 16.5 Å². The average Bonchev–Trinajstić information content (AvgIpc) is 2.38. The Kier molecular flexibility index (Phi) is 5.28. The molecule has 1 atom stereocenters. The number of hydrogen-bond donors (Lipinski definition) is 1. The predicted octanol–water partition coefficient (Wildman–Crippen LogP) is 5.29. The van der Waals surface area contributed by atoms with Gasteiger partial charge in [-0.25, -0.2) is 4.39 Å². The maximum atomic E-state index is 13.5. The third kappa shape index (κ3) is 3.86. The molecule has 0 spiro atoms. The SMILES string of the molecule is CNC(Cc1ccc(Cl)c(F)c1)c1cc(Cl)cc(Cl)c1. The summed E-state index contributed by atoms with van der Waals surface area (Å²) in [7, 11) is 1.84. The lowest BCUT2D eigenvalue weighted by Crippen LogP contribution is -2.19. The molecule has 2 aromatic carbocycles. The lowest BCUT2D eigenvalue weighted by atomic mass is 9.99. The smallest absolute Gasteiger partial charge is 0.142 e. The van der Waals surface area contributed by atoms with Gasteiger partial charge >= 0.3 is 0 Å². The largest absolute Gasteiger partial charge is 0.313 e. The number of nitrogens with one attached hydrogen (secondary N) is 1. The van der Waals surface area contributed by atoms with Crippen molar-refractivity contribution in [3.05, 3.63) is 68.4 Å². The summed E-state index contributed by atoms with van der Waals surface area (Å²) in [4.78, 5) is 0. The molecule has 2 aromatic rings. The van der Waals surface area contributed by atoms with Crippen LogP contribution in [0.5, 0.6) is 0 Å². The molecular formula is C15H13Cl3FN. The van der Waals surface area contributed by atoms with Gasteiger partial charge in [0.15, 0.2) is 0 Å². The Labute approximate surface area is 132 Å². The standard InChI is InChI=1S/C15H13Cl3FN/c1-20-15(10-6-11(16)8-12(17)7-10)5-9-2-3-13(18)14(19)4-9/h2-4,6-8,15,20H,5H2,1H3. The van der Waals surface area contributed by atoms with E-state index in [-0.39, 0.29) is 11.1 Å². The molecule has 0 aromatic heterocycles. The Bertz CT molecular complexity index is 596. The first-order valence-electron chi connectivity index (χ1n) is 6.07. The normalized spacial score (nSPS) is 12.4. The van der Waals surface area contributed by atoms with Crippen molar-refractivity contribution in [1.29, 1.82) is 0 Å². The summed E-state index contributed by atoms with van der Waals surface area (Å²) in [5, 5.41) is 4.47. The zero-order chi connectivity index (χ0) is 14.7. The van der Waals surface area contributed by atoms with Gasteiger partial charge in [0.2, 0.25) is 0 Å². The number of halogens is 4. The van der Waals surface area contributed by atoms with Crippen molar-refractivity contribution in [2.45, 2.75) is 12.5 Å². The van der Waals surface area contributed by atoms with Crippen LogP contribution in [0.25, 0.3) is 0 Å². The molecule has 1 N–H and O–H groups in total.